The van der Waals surface area contributed by atoms with Gasteiger partial charge in [0.05, 0.1) is 10.8 Å². The number of fused-ring (bicyclic) bond motifs is 25. The third-order valence-corrected chi connectivity index (χ3v) is 21.6. The Labute approximate surface area is 534 Å². The Kier molecular flexibility index (Phi) is 10.8. The highest BCUT2D eigenvalue weighted by molar-refractivity contribution is 6.15. The molecule has 1 nitrogen and oxygen atoms in total. The van der Waals surface area contributed by atoms with Crippen LogP contribution in [0.2, 0.25) is 0 Å². The van der Waals surface area contributed by atoms with Gasteiger partial charge < -0.3 is 0 Å². The Bertz CT molecular complexity index is 5780. The fraction of sp³-hybridized carbons (Fsp3) is 0.0440. The van der Waals surface area contributed by atoms with Crippen molar-refractivity contribution in [2.45, 2.75) is 23.2 Å². The van der Waals surface area contributed by atoms with Gasteiger partial charge in [-0.25, -0.2) is 0 Å². The molecule has 5 aliphatic carbocycles. The second kappa shape index (κ2) is 19.3. The molecule has 20 rings (SSSR count). The van der Waals surface area contributed by atoms with E-state index in [2.05, 4.69) is 322 Å². The first kappa shape index (κ1) is 51.4. The minimum absolute atomic E-state index is 0.0643. The van der Waals surface area contributed by atoms with Gasteiger partial charge in [0.25, 0.3) is 0 Å². The van der Waals surface area contributed by atoms with E-state index in [-0.39, 0.29) is 11.7 Å². The highest BCUT2D eigenvalue weighted by atomic mass is 16.1. The van der Waals surface area contributed by atoms with Crippen LogP contribution < -0.4 is 0 Å². The Morgan fingerprint density at radius 1 is 0.283 bits per heavy atom. The molecule has 0 radical (unpaired) electrons. The summed E-state index contributed by atoms with van der Waals surface area (Å²) < 4.78 is 0. The average Bonchev–Trinajstić information content (AvgIpc) is 1.52. The zero-order chi connectivity index (χ0) is 60.4. The van der Waals surface area contributed by atoms with E-state index in [0.717, 1.165) is 17.6 Å². The van der Waals surface area contributed by atoms with Crippen LogP contribution in [-0.2, 0) is 10.8 Å². The summed E-state index contributed by atoms with van der Waals surface area (Å²) in [5.41, 5.74) is 28.9. The summed E-state index contributed by atoms with van der Waals surface area (Å²) in [6.07, 6.45) is 5.28. The number of hydrogen-bond acceptors (Lipinski definition) is 1. The molecule has 1 heteroatoms. The van der Waals surface area contributed by atoms with Gasteiger partial charge in [-0.2, -0.15) is 0 Å². The van der Waals surface area contributed by atoms with Gasteiger partial charge in [-0.1, -0.05) is 267 Å². The number of hydrogen-bond donors (Lipinski definition) is 0. The van der Waals surface area contributed by atoms with Crippen LogP contribution in [0, 0.1) is 0 Å². The van der Waals surface area contributed by atoms with Gasteiger partial charge in [0.1, 0.15) is 0 Å². The van der Waals surface area contributed by atoms with Crippen LogP contribution in [0.4, 0.5) is 0 Å². The summed E-state index contributed by atoms with van der Waals surface area (Å²) in [7, 11) is 0. The van der Waals surface area contributed by atoms with E-state index < -0.39 is 10.8 Å². The van der Waals surface area contributed by atoms with Gasteiger partial charge >= 0.3 is 0 Å². The average molecular weight is 1170 g/mol. The lowest BCUT2D eigenvalue weighted by molar-refractivity contribution is 0.103. The Morgan fingerprint density at radius 3 is 1.45 bits per heavy atom. The van der Waals surface area contributed by atoms with Crippen molar-refractivity contribution in [3.63, 3.8) is 0 Å². The molecule has 0 N–H and O–H groups in total. The van der Waals surface area contributed by atoms with Crippen molar-refractivity contribution in [1.29, 1.82) is 0 Å². The molecule has 2 spiro atoms. The molecule has 0 aromatic heterocycles. The molecule has 15 aromatic rings. The molecule has 0 bridgehead atoms. The lowest BCUT2D eigenvalue weighted by Crippen LogP contribution is -2.28. The van der Waals surface area contributed by atoms with Crippen molar-refractivity contribution in [3.8, 4) is 77.9 Å². The van der Waals surface area contributed by atoms with Crippen LogP contribution in [0.3, 0.4) is 0 Å². The summed E-state index contributed by atoms with van der Waals surface area (Å²) >= 11 is 0. The number of rotatable bonds is 6. The van der Waals surface area contributed by atoms with E-state index in [1.807, 2.05) is 0 Å². The largest absolute Gasteiger partial charge is 0.289 e. The smallest absolute Gasteiger partial charge is 0.192 e. The third-order valence-electron chi connectivity index (χ3n) is 21.6. The van der Waals surface area contributed by atoms with Crippen LogP contribution in [0.25, 0.3) is 121 Å². The molecule has 0 saturated heterocycles. The van der Waals surface area contributed by atoms with Crippen molar-refractivity contribution in [2.75, 3.05) is 0 Å². The first-order valence-corrected chi connectivity index (χ1v) is 32.3. The third kappa shape index (κ3) is 7.05. The van der Waals surface area contributed by atoms with Gasteiger partial charge in [0.15, 0.2) is 5.78 Å². The summed E-state index contributed by atoms with van der Waals surface area (Å²) in [5.74, 6) is 0.188. The molecule has 0 saturated carbocycles. The van der Waals surface area contributed by atoms with Crippen LogP contribution in [0.5, 0.6) is 0 Å². The van der Waals surface area contributed by atoms with Gasteiger partial charge in [0.2, 0.25) is 0 Å². The lowest BCUT2D eigenvalue weighted by Gasteiger charge is -2.33. The van der Waals surface area contributed by atoms with Gasteiger partial charge in [-0.15, -0.1) is 0 Å². The zero-order valence-electron chi connectivity index (χ0n) is 50.3. The van der Waals surface area contributed by atoms with Gasteiger partial charge in [-0.05, 0) is 232 Å². The predicted molar refractivity (Wildman–Crippen MR) is 381 cm³/mol. The number of carbonyl (C=O) groups excluding carboxylic acids is 1. The maximum atomic E-state index is 15.7. The second-order valence-electron chi connectivity index (χ2n) is 26.0. The van der Waals surface area contributed by atoms with Crippen molar-refractivity contribution in [1.82, 2.24) is 0 Å². The number of Topliss-reactive ketones (excluding diaryl/α,β-unsaturated/α-hetero) is 1. The van der Waals surface area contributed by atoms with Crippen molar-refractivity contribution in [3.05, 3.63) is 383 Å². The topological polar surface area (TPSA) is 17.1 Å². The standard InChI is InChI=1S/C91H56O/c92-89(66-39-43-77-74-24-7-12-29-83(74)90(87(77)53-66)81-27-10-5-22-72(81)73-23-6-11-28-82(73)90)67-40-44-78-75-25-8-13-30-84(75)91(88(78)54-67)85-31-14-9-26-76(85)80-51-64(41-45-86(80)91)63-38-42-69-68(50-63)52-79(71-21-4-3-20-70(69)71)65-19-15-18-57(49-65)58-34-35-62-48-61(37-36-60(62)47-58)59-33-32-55-16-1-2-17-56(55)46-59/h1-43,45-54,78H,44H2. The Morgan fingerprint density at radius 2 is 0.761 bits per heavy atom. The molecule has 15 aromatic carbocycles. The zero-order valence-corrected chi connectivity index (χ0v) is 50.3. The number of carbonyl (C=O) groups is 1. The highest BCUT2D eigenvalue weighted by Crippen LogP contribution is 2.67. The first-order chi connectivity index (χ1) is 45.5. The molecular weight excluding hydrogens is 1110 g/mol. The monoisotopic (exact) mass is 1160 g/mol. The molecule has 0 amide bonds. The molecule has 2 unspecified atom stereocenters. The SMILES string of the molecule is O=C(C1=CCC2C(=C1)C1(c3ccccc3-c3cc(-c4ccc5c(c4)cc(-c4cccc(-c6ccc7cc(-c8ccc9ccccc9c8)ccc7c6)c4)c4ccccc45)ccc31)c1ccccc12)c1ccc2c(c1)C1(c3ccccc3-c3ccccc31)c1ccccc1-2. The number of ketones is 1. The molecule has 5 aliphatic rings. The first-order valence-electron chi connectivity index (χ1n) is 32.3. The molecule has 426 valence electrons. The molecule has 0 heterocycles. The maximum Gasteiger partial charge on any atom is 0.192 e. The molecule has 0 aliphatic heterocycles. The quantitative estimate of drug-likeness (QED) is 0.120. The highest BCUT2D eigenvalue weighted by Gasteiger charge is 2.56. The van der Waals surface area contributed by atoms with Gasteiger partial charge in [0, 0.05) is 17.1 Å². The summed E-state index contributed by atoms with van der Waals surface area (Å²) in [4.78, 5) is 15.7. The van der Waals surface area contributed by atoms with Crippen LogP contribution >= 0.6 is 0 Å². The fourth-order valence-corrected chi connectivity index (χ4v) is 17.7. The normalized spacial score (nSPS) is 16.4. The van der Waals surface area contributed by atoms with Crippen LogP contribution in [0.1, 0.15) is 67.2 Å². The Hall–Kier alpha value is -11.5. The minimum Gasteiger partial charge on any atom is -0.289 e. The maximum absolute atomic E-state index is 15.7. The second-order valence-corrected chi connectivity index (χ2v) is 26.0. The molecular formula is C91H56O. The van der Waals surface area contributed by atoms with Crippen LogP contribution in [-0.4, -0.2) is 5.78 Å². The van der Waals surface area contributed by atoms with E-state index in [4.69, 9.17) is 0 Å². The number of allylic oxidation sites excluding steroid dienone is 4. The van der Waals surface area contributed by atoms with Crippen molar-refractivity contribution in [2.24, 2.45) is 0 Å². The van der Waals surface area contributed by atoms with E-state index in [9.17, 15) is 0 Å². The van der Waals surface area contributed by atoms with E-state index in [1.54, 1.807) is 0 Å². The van der Waals surface area contributed by atoms with Gasteiger partial charge in [-0.3, -0.25) is 4.79 Å². The van der Waals surface area contributed by atoms with E-state index in [0.29, 0.717) is 0 Å². The fourth-order valence-electron chi connectivity index (χ4n) is 17.7. The molecule has 92 heavy (non-hydrogen) atoms. The summed E-state index contributed by atoms with van der Waals surface area (Å²) in [5, 5.41) is 9.89. The molecule has 2 atom stereocenters. The minimum atomic E-state index is -0.576. The predicted octanol–water partition coefficient (Wildman–Crippen LogP) is 22.9. The lowest BCUT2D eigenvalue weighted by atomic mass is 9.68. The summed E-state index contributed by atoms with van der Waals surface area (Å²) in [6, 6.07) is 115. The van der Waals surface area contributed by atoms with E-state index in [1.165, 1.54) is 171 Å². The number of benzene rings is 15. The van der Waals surface area contributed by atoms with Crippen molar-refractivity contribution < 1.29 is 4.79 Å². The van der Waals surface area contributed by atoms with E-state index >= 15 is 4.79 Å². The van der Waals surface area contributed by atoms with Crippen molar-refractivity contribution >= 4 is 48.9 Å². The molecule has 0 fully saturated rings. The summed E-state index contributed by atoms with van der Waals surface area (Å²) in [6.45, 7) is 0. The Balaban J connectivity index is 0.668. The van der Waals surface area contributed by atoms with Crippen LogP contribution in [0.15, 0.2) is 333 Å².